The lowest BCUT2D eigenvalue weighted by Crippen LogP contribution is -2.32. The van der Waals surface area contributed by atoms with Gasteiger partial charge >= 0.3 is 5.97 Å². The Bertz CT molecular complexity index is 1280. The molecule has 0 aliphatic heterocycles. The Morgan fingerprint density at radius 1 is 1.24 bits per heavy atom. The minimum atomic E-state index is -0.476. The molecule has 2 N–H and O–H groups in total. The molecule has 0 unspecified atom stereocenters. The number of hydrogen-bond acceptors (Lipinski definition) is 8. The zero-order chi connectivity index (χ0) is 24.4. The number of rotatable bonds is 6. The van der Waals surface area contributed by atoms with Crippen molar-refractivity contribution < 1.29 is 18.7 Å². The van der Waals surface area contributed by atoms with E-state index in [2.05, 4.69) is 19.7 Å². The fourth-order valence-corrected chi connectivity index (χ4v) is 4.47. The molecule has 1 aliphatic rings. The van der Waals surface area contributed by atoms with Gasteiger partial charge < -0.3 is 15.2 Å². The third-order valence-corrected chi connectivity index (χ3v) is 6.33. The van der Waals surface area contributed by atoms with Gasteiger partial charge in [-0.05, 0) is 51.2 Å². The molecule has 0 radical (unpaired) electrons. The zero-order valence-electron chi connectivity index (χ0n) is 19.5. The number of nitrogens with zero attached hydrogens (tertiary/aromatic N) is 4. The van der Waals surface area contributed by atoms with Crippen molar-refractivity contribution in [2.24, 2.45) is 0 Å². The maximum atomic E-state index is 14.3. The Balaban J connectivity index is 1.78. The molecule has 1 saturated carbocycles. The topological polar surface area (TPSA) is 122 Å². The lowest BCUT2D eigenvalue weighted by Gasteiger charge is -2.30. The maximum absolute atomic E-state index is 14.3. The van der Waals surface area contributed by atoms with Crippen LogP contribution in [0, 0.1) is 12.7 Å². The molecular formula is C24H28FN5O4. The van der Waals surface area contributed by atoms with E-state index in [1.165, 1.54) is 19.4 Å². The molecule has 0 spiro atoms. The molecule has 1 aliphatic carbocycles. The van der Waals surface area contributed by atoms with Crippen LogP contribution in [-0.2, 0) is 20.7 Å². The summed E-state index contributed by atoms with van der Waals surface area (Å²) in [6.45, 7) is 3.43. The number of ether oxygens (including phenoxy) is 2. The number of hydrogen-bond donors (Lipinski definition) is 1. The second-order valence-electron chi connectivity index (χ2n) is 8.46. The number of esters is 1. The van der Waals surface area contributed by atoms with Gasteiger partial charge in [0.2, 0.25) is 5.95 Å². The van der Waals surface area contributed by atoms with Gasteiger partial charge in [0, 0.05) is 28.8 Å². The van der Waals surface area contributed by atoms with Gasteiger partial charge in [-0.1, -0.05) is 6.92 Å². The molecule has 0 aromatic carbocycles. The second-order valence-corrected chi connectivity index (χ2v) is 8.46. The molecule has 0 bridgehead atoms. The van der Waals surface area contributed by atoms with E-state index < -0.39 is 11.8 Å². The molecule has 10 heteroatoms. The van der Waals surface area contributed by atoms with Gasteiger partial charge in [0.05, 0.1) is 24.6 Å². The number of anilines is 1. The first kappa shape index (κ1) is 23.7. The number of nitrogen functional groups attached to an aromatic ring is 1. The van der Waals surface area contributed by atoms with E-state index in [0.29, 0.717) is 60.0 Å². The van der Waals surface area contributed by atoms with E-state index in [-0.39, 0.29) is 36.0 Å². The number of nitrogens with two attached hydrogens (primary N) is 1. The monoisotopic (exact) mass is 469 g/mol. The first-order valence-electron chi connectivity index (χ1n) is 11.3. The van der Waals surface area contributed by atoms with Crippen LogP contribution >= 0.6 is 0 Å². The molecule has 3 aromatic heterocycles. The molecule has 0 amide bonds. The molecule has 0 saturated heterocycles. The summed E-state index contributed by atoms with van der Waals surface area (Å²) >= 11 is 0. The molecule has 3 heterocycles. The van der Waals surface area contributed by atoms with Gasteiger partial charge in [0.25, 0.3) is 5.56 Å². The number of methoxy groups -OCH3 is 1. The van der Waals surface area contributed by atoms with Crippen molar-refractivity contribution in [3.63, 3.8) is 0 Å². The lowest BCUT2D eigenvalue weighted by atomic mass is 9.92. The summed E-state index contributed by atoms with van der Waals surface area (Å²) in [6.07, 6.45) is 4.64. The van der Waals surface area contributed by atoms with E-state index in [9.17, 15) is 14.0 Å². The lowest BCUT2D eigenvalue weighted by molar-refractivity contribution is -0.148. The summed E-state index contributed by atoms with van der Waals surface area (Å²) in [5, 5.41) is 0.705. The summed E-state index contributed by atoms with van der Waals surface area (Å²) in [5.41, 5.74) is 7.89. The molecule has 1 fully saturated rings. The minimum absolute atomic E-state index is 0.0956. The number of aromatic nitrogens is 4. The number of fused-ring (bicyclic) bond motifs is 1. The molecule has 0 atom stereocenters. The summed E-state index contributed by atoms with van der Waals surface area (Å²) < 4.78 is 26.3. The zero-order valence-corrected chi connectivity index (χ0v) is 19.5. The van der Waals surface area contributed by atoms with Gasteiger partial charge in [-0.15, -0.1) is 0 Å². The summed E-state index contributed by atoms with van der Waals surface area (Å²) in [7, 11) is 1.32. The maximum Gasteiger partial charge on any atom is 0.331 e. The van der Waals surface area contributed by atoms with E-state index >= 15 is 0 Å². The fraction of sp³-hybridized carbons (Fsp3) is 0.458. The highest BCUT2D eigenvalue weighted by atomic mass is 19.1. The Hall–Kier alpha value is -3.40. The van der Waals surface area contributed by atoms with E-state index in [1.54, 1.807) is 17.6 Å². The third-order valence-electron chi connectivity index (χ3n) is 6.33. The highest BCUT2D eigenvalue weighted by Gasteiger charge is 2.27. The Labute approximate surface area is 196 Å². The number of carbonyl (C=O) groups excluding carboxylic acids is 1. The predicted molar refractivity (Wildman–Crippen MR) is 125 cm³/mol. The van der Waals surface area contributed by atoms with E-state index in [1.807, 2.05) is 6.92 Å². The van der Waals surface area contributed by atoms with Crippen LogP contribution in [0.4, 0.5) is 10.3 Å². The van der Waals surface area contributed by atoms with Crippen LogP contribution in [0.1, 0.15) is 50.0 Å². The normalized spacial score (nSPS) is 18.2. The Kier molecular flexibility index (Phi) is 6.87. The van der Waals surface area contributed by atoms with Gasteiger partial charge in [0.1, 0.15) is 18.1 Å². The van der Waals surface area contributed by atoms with Gasteiger partial charge in [0.15, 0.2) is 0 Å². The third kappa shape index (κ3) is 4.63. The number of halogens is 1. The average molecular weight is 470 g/mol. The van der Waals surface area contributed by atoms with Crippen molar-refractivity contribution in [2.75, 3.05) is 19.5 Å². The summed E-state index contributed by atoms with van der Waals surface area (Å²) in [6, 6.07) is 2.88. The van der Waals surface area contributed by atoms with Crippen molar-refractivity contribution in [1.29, 1.82) is 0 Å². The SMILES string of the molecule is CCc1nc(N)nc2c1cc(-c1cnc(C)c(F)c1)c(=O)n2C1CCC(OCC(=O)OC)CC1. The molecular weight excluding hydrogens is 441 g/mol. The van der Waals surface area contributed by atoms with Gasteiger partial charge in [-0.2, -0.15) is 4.98 Å². The molecule has 180 valence electrons. The fourth-order valence-electron chi connectivity index (χ4n) is 4.47. The van der Waals surface area contributed by atoms with E-state index in [0.717, 1.165) is 0 Å². The van der Waals surface area contributed by atoms with Crippen molar-refractivity contribution in [2.45, 2.75) is 58.1 Å². The molecule has 3 aromatic rings. The summed E-state index contributed by atoms with van der Waals surface area (Å²) in [5.74, 6) is -0.797. The summed E-state index contributed by atoms with van der Waals surface area (Å²) in [4.78, 5) is 38.0. The van der Waals surface area contributed by atoms with Crippen molar-refractivity contribution in [1.82, 2.24) is 19.5 Å². The highest BCUT2D eigenvalue weighted by molar-refractivity contribution is 5.84. The van der Waals surface area contributed by atoms with Crippen LogP contribution < -0.4 is 11.3 Å². The van der Waals surface area contributed by atoms with Crippen LogP contribution in [-0.4, -0.2) is 45.3 Å². The van der Waals surface area contributed by atoms with Crippen molar-refractivity contribution in [3.05, 3.63) is 45.9 Å². The number of carbonyl (C=O) groups is 1. The molecule has 34 heavy (non-hydrogen) atoms. The highest BCUT2D eigenvalue weighted by Crippen LogP contribution is 2.33. The van der Waals surface area contributed by atoms with Crippen LogP contribution in [0.5, 0.6) is 0 Å². The molecule has 9 nitrogen and oxygen atoms in total. The smallest absolute Gasteiger partial charge is 0.331 e. The van der Waals surface area contributed by atoms with Crippen LogP contribution in [0.15, 0.2) is 23.1 Å². The van der Waals surface area contributed by atoms with Crippen LogP contribution in [0.2, 0.25) is 0 Å². The quantitative estimate of drug-likeness (QED) is 0.547. The van der Waals surface area contributed by atoms with E-state index in [4.69, 9.17) is 10.5 Å². The number of aryl methyl sites for hydroxylation is 2. The Morgan fingerprint density at radius 3 is 2.62 bits per heavy atom. The Morgan fingerprint density at radius 2 is 1.97 bits per heavy atom. The van der Waals surface area contributed by atoms with Crippen molar-refractivity contribution >= 4 is 23.0 Å². The van der Waals surface area contributed by atoms with Crippen molar-refractivity contribution in [3.8, 4) is 11.1 Å². The van der Waals surface area contributed by atoms with Crippen LogP contribution in [0.25, 0.3) is 22.2 Å². The number of pyridine rings is 2. The second kappa shape index (κ2) is 9.84. The van der Waals surface area contributed by atoms with Crippen LogP contribution in [0.3, 0.4) is 0 Å². The average Bonchev–Trinajstić information content (AvgIpc) is 2.84. The first-order valence-corrected chi connectivity index (χ1v) is 11.3. The minimum Gasteiger partial charge on any atom is -0.467 e. The standard InChI is InChI=1S/C24H28FN5O4/c1-4-20-18-10-17(14-9-19(25)13(2)27-11-14)23(32)30(22(18)29-24(26)28-20)15-5-7-16(8-6-15)34-12-21(31)33-3/h9-11,15-16H,4-8,12H2,1-3H3,(H2,26,28,29). The predicted octanol–water partition coefficient (Wildman–Crippen LogP) is 3.12. The first-order chi connectivity index (χ1) is 16.3. The largest absolute Gasteiger partial charge is 0.467 e. The van der Waals surface area contributed by atoms with Gasteiger partial charge in [-0.25, -0.2) is 14.2 Å². The van der Waals surface area contributed by atoms with Gasteiger partial charge in [-0.3, -0.25) is 14.3 Å². The molecule has 4 rings (SSSR count).